The van der Waals surface area contributed by atoms with Crippen LogP contribution in [-0.2, 0) is 0 Å². The van der Waals surface area contributed by atoms with Gasteiger partial charge in [0, 0.05) is 0 Å². The maximum absolute atomic E-state index is 5.96. The van der Waals surface area contributed by atoms with Crippen molar-refractivity contribution in [2.45, 2.75) is 0 Å². The minimum Gasteiger partial charge on any atom is -0.235 e. The molecule has 0 N–H and O–H groups in total. The fourth-order valence-corrected chi connectivity index (χ4v) is 2.36. The standard InChI is InChI=1S/C8H4BrClN2S/c9-7-3-6(11-4-12-7)8-5(10)1-2-13-8/h1-4H. The first-order chi connectivity index (χ1) is 6.27. The summed E-state index contributed by atoms with van der Waals surface area (Å²) < 4.78 is 0.766. The molecule has 0 aliphatic rings. The van der Waals surface area contributed by atoms with E-state index in [0.717, 1.165) is 20.2 Å². The number of halogens is 2. The van der Waals surface area contributed by atoms with Crippen LogP contribution in [-0.4, -0.2) is 9.97 Å². The number of nitrogens with zero attached hydrogens (tertiary/aromatic N) is 2. The summed E-state index contributed by atoms with van der Waals surface area (Å²) in [5, 5.41) is 2.67. The van der Waals surface area contributed by atoms with Crippen molar-refractivity contribution in [3.05, 3.63) is 33.5 Å². The molecule has 2 aromatic rings. The number of thiophene rings is 1. The van der Waals surface area contributed by atoms with Gasteiger partial charge in [0.15, 0.2) is 0 Å². The first kappa shape index (κ1) is 9.12. The Kier molecular flexibility index (Phi) is 2.62. The van der Waals surface area contributed by atoms with Crippen LogP contribution in [0.15, 0.2) is 28.4 Å². The van der Waals surface area contributed by atoms with Crippen molar-refractivity contribution >= 4 is 38.9 Å². The molecule has 5 heteroatoms. The average Bonchev–Trinajstić information content (AvgIpc) is 2.51. The minimum atomic E-state index is 0.732. The van der Waals surface area contributed by atoms with Gasteiger partial charge >= 0.3 is 0 Å². The maximum atomic E-state index is 5.96. The third kappa shape index (κ3) is 1.90. The first-order valence-corrected chi connectivity index (χ1v) is 5.53. The summed E-state index contributed by atoms with van der Waals surface area (Å²) in [5.41, 5.74) is 0.849. The normalized spacial score (nSPS) is 10.3. The van der Waals surface area contributed by atoms with Crippen LogP contribution in [0.2, 0.25) is 5.02 Å². The van der Waals surface area contributed by atoms with E-state index in [9.17, 15) is 0 Å². The monoisotopic (exact) mass is 274 g/mol. The van der Waals surface area contributed by atoms with E-state index in [1.807, 2.05) is 17.5 Å². The largest absolute Gasteiger partial charge is 0.235 e. The Labute approximate surface area is 92.7 Å². The minimum absolute atomic E-state index is 0.732. The lowest BCUT2D eigenvalue weighted by Gasteiger charge is -1.96. The lowest BCUT2D eigenvalue weighted by Crippen LogP contribution is -1.83. The van der Waals surface area contributed by atoms with Crippen molar-refractivity contribution < 1.29 is 0 Å². The molecule has 0 saturated carbocycles. The van der Waals surface area contributed by atoms with E-state index in [1.165, 1.54) is 6.33 Å². The highest BCUT2D eigenvalue weighted by Gasteiger charge is 2.06. The van der Waals surface area contributed by atoms with Crippen LogP contribution in [0.4, 0.5) is 0 Å². The molecule has 2 aromatic heterocycles. The van der Waals surface area contributed by atoms with Crippen molar-refractivity contribution in [3.63, 3.8) is 0 Å². The zero-order valence-corrected chi connectivity index (χ0v) is 9.53. The van der Waals surface area contributed by atoms with Crippen molar-refractivity contribution in [2.24, 2.45) is 0 Å². The van der Waals surface area contributed by atoms with Crippen molar-refractivity contribution in [2.75, 3.05) is 0 Å². The van der Waals surface area contributed by atoms with Gasteiger partial charge in [-0.05, 0) is 33.4 Å². The molecule has 0 radical (unpaired) electrons. The third-order valence-corrected chi connectivity index (χ3v) is 3.28. The second kappa shape index (κ2) is 3.74. The molecule has 0 aromatic carbocycles. The smallest absolute Gasteiger partial charge is 0.117 e. The van der Waals surface area contributed by atoms with Crippen molar-refractivity contribution in [3.8, 4) is 10.6 Å². The van der Waals surface area contributed by atoms with Gasteiger partial charge in [-0.1, -0.05) is 11.6 Å². The highest BCUT2D eigenvalue weighted by atomic mass is 79.9. The Morgan fingerprint density at radius 3 is 2.85 bits per heavy atom. The van der Waals surface area contributed by atoms with E-state index < -0.39 is 0 Å². The number of hydrogen-bond acceptors (Lipinski definition) is 3. The van der Waals surface area contributed by atoms with Crippen LogP contribution in [0.5, 0.6) is 0 Å². The molecule has 0 atom stereocenters. The summed E-state index contributed by atoms with van der Waals surface area (Å²) in [4.78, 5) is 9.05. The van der Waals surface area contributed by atoms with Gasteiger partial charge in [0.2, 0.25) is 0 Å². The molecule has 0 saturated heterocycles. The van der Waals surface area contributed by atoms with E-state index in [0.29, 0.717) is 0 Å². The Balaban J connectivity index is 2.53. The summed E-state index contributed by atoms with van der Waals surface area (Å²) >= 11 is 10.8. The van der Waals surface area contributed by atoms with Crippen LogP contribution < -0.4 is 0 Å². The van der Waals surface area contributed by atoms with E-state index in [1.54, 1.807) is 11.3 Å². The van der Waals surface area contributed by atoms with Gasteiger partial charge in [0.05, 0.1) is 15.6 Å². The fraction of sp³-hybridized carbons (Fsp3) is 0. The molecule has 13 heavy (non-hydrogen) atoms. The molecule has 0 bridgehead atoms. The molecule has 66 valence electrons. The molecular formula is C8H4BrClN2S. The van der Waals surface area contributed by atoms with Gasteiger partial charge in [0.25, 0.3) is 0 Å². The lowest BCUT2D eigenvalue weighted by molar-refractivity contribution is 1.15. The van der Waals surface area contributed by atoms with Crippen LogP contribution in [0.25, 0.3) is 10.6 Å². The SMILES string of the molecule is Clc1ccsc1-c1cc(Br)ncn1. The molecule has 2 heterocycles. The Morgan fingerprint density at radius 1 is 1.38 bits per heavy atom. The summed E-state index contributed by atoms with van der Waals surface area (Å²) in [6.45, 7) is 0. The first-order valence-electron chi connectivity index (χ1n) is 3.48. The van der Waals surface area contributed by atoms with Gasteiger partial charge in [-0.25, -0.2) is 9.97 Å². The number of rotatable bonds is 1. The second-order valence-electron chi connectivity index (χ2n) is 2.32. The second-order valence-corrected chi connectivity index (χ2v) is 4.46. The molecule has 0 amide bonds. The molecular weight excluding hydrogens is 272 g/mol. The van der Waals surface area contributed by atoms with Gasteiger partial charge in [-0.15, -0.1) is 11.3 Å². The van der Waals surface area contributed by atoms with Crippen LogP contribution >= 0.6 is 38.9 Å². The van der Waals surface area contributed by atoms with Crippen LogP contribution in [0, 0.1) is 0 Å². The zero-order chi connectivity index (χ0) is 9.26. The summed E-state index contributed by atoms with van der Waals surface area (Å²) in [6.07, 6.45) is 1.51. The quantitative estimate of drug-likeness (QED) is 0.743. The predicted octanol–water partition coefficient (Wildman–Crippen LogP) is 3.62. The summed E-state index contributed by atoms with van der Waals surface area (Å²) in [7, 11) is 0. The van der Waals surface area contributed by atoms with Gasteiger partial charge in [0.1, 0.15) is 10.9 Å². The number of aromatic nitrogens is 2. The van der Waals surface area contributed by atoms with E-state index in [2.05, 4.69) is 25.9 Å². The Morgan fingerprint density at radius 2 is 2.23 bits per heavy atom. The molecule has 0 unspecified atom stereocenters. The van der Waals surface area contributed by atoms with Crippen molar-refractivity contribution in [1.82, 2.24) is 9.97 Å². The average molecular weight is 276 g/mol. The Hall–Kier alpha value is -0.450. The summed E-state index contributed by atoms with van der Waals surface area (Å²) in [5.74, 6) is 0. The number of hydrogen-bond donors (Lipinski definition) is 0. The Bertz CT molecular complexity index is 430. The van der Waals surface area contributed by atoms with E-state index in [-0.39, 0.29) is 0 Å². The highest BCUT2D eigenvalue weighted by Crippen LogP contribution is 2.32. The maximum Gasteiger partial charge on any atom is 0.117 e. The fourth-order valence-electron chi connectivity index (χ4n) is 0.934. The van der Waals surface area contributed by atoms with E-state index in [4.69, 9.17) is 11.6 Å². The topological polar surface area (TPSA) is 25.8 Å². The predicted molar refractivity (Wildman–Crippen MR) is 58.1 cm³/mol. The van der Waals surface area contributed by atoms with Gasteiger partial charge < -0.3 is 0 Å². The summed E-state index contributed by atoms with van der Waals surface area (Å²) in [6, 6.07) is 3.70. The van der Waals surface area contributed by atoms with Crippen molar-refractivity contribution in [1.29, 1.82) is 0 Å². The van der Waals surface area contributed by atoms with Gasteiger partial charge in [-0.2, -0.15) is 0 Å². The zero-order valence-electron chi connectivity index (χ0n) is 6.37. The molecule has 2 nitrogen and oxygen atoms in total. The third-order valence-electron chi connectivity index (χ3n) is 1.48. The highest BCUT2D eigenvalue weighted by molar-refractivity contribution is 9.10. The van der Waals surface area contributed by atoms with E-state index >= 15 is 0 Å². The van der Waals surface area contributed by atoms with Crippen LogP contribution in [0.3, 0.4) is 0 Å². The molecule has 0 aliphatic heterocycles. The molecule has 0 aliphatic carbocycles. The molecule has 0 fully saturated rings. The molecule has 0 spiro atoms. The lowest BCUT2D eigenvalue weighted by atomic mass is 10.3. The molecule has 2 rings (SSSR count). The van der Waals surface area contributed by atoms with Crippen LogP contribution in [0.1, 0.15) is 0 Å². The van der Waals surface area contributed by atoms with Gasteiger partial charge in [-0.3, -0.25) is 0 Å².